The Morgan fingerprint density at radius 1 is 1.43 bits per heavy atom. The highest BCUT2D eigenvalue weighted by molar-refractivity contribution is 5.81. The van der Waals surface area contributed by atoms with Crippen LogP contribution in [0.25, 0.3) is 0 Å². The van der Waals surface area contributed by atoms with E-state index in [1.807, 2.05) is 13.8 Å². The molecule has 0 aliphatic heterocycles. The number of carbonyl (C=O) groups is 1. The lowest BCUT2D eigenvalue weighted by atomic mass is 10.1. The van der Waals surface area contributed by atoms with Gasteiger partial charge in [0.25, 0.3) is 0 Å². The Hall–Kier alpha value is -0.610. The number of aliphatic hydroxyl groups is 1. The van der Waals surface area contributed by atoms with E-state index in [2.05, 4.69) is 5.32 Å². The van der Waals surface area contributed by atoms with E-state index in [4.69, 9.17) is 5.73 Å². The Labute approximate surface area is 85.9 Å². The van der Waals surface area contributed by atoms with Crippen LogP contribution in [0.3, 0.4) is 0 Å². The van der Waals surface area contributed by atoms with Crippen LogP contribution in [-0.4, -0.2) is 29.7 Å². The molecule has 4 N–H and O–H groups in total. The second-order valence-electron chi connectivity index (χ2n) is 3.54. The zero-order valence-electron chi connectivity index (χ0n) is 9.12. The number of aliphatic hydroxyl groups excluding tert-OH is 1. The Morgan fingerprint density at radius 3 is 2.57 bits per heavy atom. The predicted octanol–water partition coefficient (Wildman–Crippen LogP) is 0.391. The van der Waals surface area contributed by atoms with E-state index in [1.165, 1.54) is 0 Å². The third-order valence-electron chi connectivity index (χ3n) is 2.13. The van der Waals surface area contributed by atoms with Gasteiger partial charge in [-0.3, -0.25) is 4.79 Å². The Balaban J connectivity index is 3.74. The molecule has 84 valence electrons. The molecule has 0 saturated heterocycles. The minimum absolute atomic E-state index is 0.348. The van der Waals surface area contributed by atoms with Crippen LogP contribution in [0.1, 0.15) is 39.5 Å². The van der Waals surface area contributed by atoms with Crippen molar-refractivity contribution in [3.63, 3.8) is 0 Å². The number of nitrogens with one attached hydrogen (secondary N) is 1. The number of unbranched alkanes of at least 4 members (excludes halogenated alkanes) is 1. The summed E-state index contributed by atoms with van der Waals surface area (Å²) in [6, 6.07) is -0.443. The van der Waals surface area contributed by atoms with Gasteiger partial charge in [0.1, 0.15) is 6.10 Å². The van der Waals surface area contributed by atoms with Crippen molar-refractivity contribution in [3.8, 4) is 0 Å². The summed E-state index contributed by atoms with van der Waals surface area (Å²) in [7, 11) is 0. The molecule has 0 aliphatic carbocycles. The van der Waals surface area contributed by atoms with Gasteiger partial charge in [-0.1, -0.05) is 26.7 Å². The average molecular weight is 202 g/mol. The second kappa shape index (κ2) is 7.76. The van der Waals surface area contributed by atoms with Gasteiger partial charge < -0.3 is 16.2 Å². The van der Waals surface area contributed by atoms with Gasteiger partial charge in [0.15, 0.2) is 0 Å². The van der Waals surface area contributed by atoms with Gasteiger partial charge >= 0.3 is 0 Å². The zero-order chi connectivity index (χ0) is 11.0. The molecule has 0 spiro atoms. The second-order valence-corrected chi connectivity index (χ2v) is 3.54. The van der Waals surface area contributed by atoms with Crippen LogP contribution in [0.2, 0.25) is 0 Å². The molecule has 2 atom stereocenters. The summed E-state index contributed by atoms with van der Waals surface area (Å²) in [6.45, 7) is 4.64. The van der Waals surface area contributed by atoms with E-state index in [9.17, 15) is 9.90 Å². The fourth-order valence-electron chi connectivity index (χ4n) is 1.18. The van der Waals surface area contributed by atoms with Crippen molar-refractivity contribution < 1.29 is 9.90 Å². The Morgan fingerprint density at radius 2 is 2.07 bits per heavy atom. The van der Waals surface area contributed by atoms with Gasteiger partial charge in [-0.25, -0.2) is 0 Å². The maximum atomic E-state index is 11.3. The van der Waals surface area contributed by atoms with Gasteiger partial charge in [0, 0.05) is 12.6 Å². The topological polar surface area (TPSA) is 75.3 Å². The molecular formula is C10H22N2O2. The molecule has 0 rings (SSSR count). The summed E-state index contributed by atoms with van der Waals surface area (Å²) in [6.07, 6.45) is 2.44. The summed E-state index contributed by atoms with van der Waals surface area (Å²) in [5.41, 5.74) is 5.62. The summed E-state index contributed by atoms with van der Waals surface area (Å²) >= 11 is 0. The molecule has 0 aromatic heterocycles. The first-order chi connectivity index (χ1) is 6.63. The molecule has 0 aromatic carbocycles. The number of hydrogen-bond acceptors (Lipinski definition) is 3. The standard InChI is InChI=1S/C10H22N2O2/c1-3-5-7-12-10(14)9(13)8(11)6-4-2/h8-9,13H,3-7,11H2,1-2H3,(H,12,14). The molecule has 14 heavy (non-hydrogen) atoms. The normalized spacial score (nSPS) is 14.9. The van der Waals surface area contributed by atoms with Crippen LogP contribution in [0, 0.1) is 0 Å². The summed E-state index contributed by atoms with van der Waals surface area (Å²) in [5.74, 6) is -0.348. The molecule has 0 aromatic rings. The molecule has 0 bridgehead atoms. The van der Waals surface area contributed by atoms with Crippen LogP contribution >= 0.6 is 0 Å². The number of hydrogen-bond donors (Lipinski definition) is 3. The summed E-state index contributed by atoms with van der Waals surface area (Å²) < 4.78 is 0. The van der Waals surface area contributed by atoms with Crippen molar-refractivity contribution >= 4 is 5.91 Å². The molecule has 2 unspecified atom stereocenters. The lowest BCUT2D eigenvalue weighted by molar-refractivity contribution is -0.130. The number of amides is 1. The fourth-order valence-corrected chi connectivity index (χ4v) is 1.18. The van der Waals surface area contributed by atoms with Crippen molar-refractivity contribution in [1.82, 2.24) is 5.32 Å². The molecule has 0 radical (unpaired) electrons. The van der Waals surface area contributed by atoms with E-state index >= 15 is 0 Å². The number of rotatable bonds is 7. The van der Waals surface area contributed by atoms with Crippen molar-refractivity contribution in [2.75, 3.05) is 6.54 Å². The Kier molecular flexibility index (Phi) is 7.42. The predicted molar refractivity (Wildman–Crippen MR) is 56.8 cm³/mol. The first-order valence-electron chi connectivity index (χ1n) is 5.34. The van der Waals surface area contributed by atoms with E-state index in [0.29, 0.717) is 13.0 Å². The van der Waals surface area contributed by atoms with Crippen LogP contribution in [0.15, 0.2) is 0 Å². The van der Waals surface area contributed by atoms with Crippen molar-refractivity contribution in [1.29, 1.82) is 0 Å². The van der Waals surface area contributed by atoms with E-state index < -0.39 is 12.1 Å². The Bertz CT molecular complexity index is 162. The molecule has 0 fully saturated rings. The molecule has 0 saturated carbocycles. The molecule has 1 amide bonds. The smallest absolute Gasteiger partial charge is 0.250 e. The molecule has 0 aliphatic rings. The van der Waals surface area contributed by atoms with Gasteiger partial charge in [0.2, 0.25) is 5.91 Å². The zero-order valence-corrected chi connectivity index (χ0v) is 9.12. The largest absolute Gasteiger partial charge is 0.382 e. The molecule has 4 nitrogen and oxygen atoms in total. The first kappa shape index (κ1) is 13.4. The highest BCUT2D eigenvalue weighted by Gasteiger charge is 2.21. The maximum absolute atomic E-state index is 11.3. The van der Waals surface area contributed by atoms with Crippen LogP contribution in [-0.2, 0) is 4.79 Å². The molecular weight excluding hydrogens is 180 g/mol. The summed E-state index contributed by atoms with van der Waals surface area (Å²) in [4.78, 5) is 11.3. The van der Waals surface area contributed by atoms with E-state index in [-0.39, 0.29) is 5.91 Å². The first-order valence-corrected chi connectivity index (χ1v) is 5.34. The van der Waals surface area contributed by atoms with Crippen molar-refractivity contribution in [2.24, 2.45) is 5.73 Å². The van der Waals surface area contributed by atoms with Crippen molar-refractivity contribution in [3.05, 3.63) is 0 Å². The lowest BCUT2D eigenvalue weighted by Gasteiger charge is -2.17. The highest BCUT2D eigenvalue weighted by Crippen LogP contribution is 1.99. The van der Waals surface area contributed by atoms with Crippen LogP contribution in [0.5, 0.6) is 0 Å². The third kappa shape index (κ3) is 5.19. The van der Waals surface area contributed by atoms with Crippen LogP contribution in [0.4, 0.5) is 0 Å². The van der Waals surface area contributed by atoms with Gasteiger partial charge in [-0.05, 0) is 12.8 Å². The van der Waals surface area contributed by atoms with Crippen molar-refractivity contribution in [2.45, 2.75) is 51.7 Å². The van der Waals surface area contributed by atoms with Gasteiger partial charge in [-0.15, -0.1) is 0 Å². The molecule has 0 heterocycles. The monoisotopic (exact) mass is 202 g/mol. The maximum Gasteiger partial charge on any atom is 0.250 e. The SMILES string of the molecule is CCCCNC(=O)C(O)C(N)CCC. The lowest BCUT2D eigenvalue weighted by Crippen LogP contribution is -2.46. The van der Waals surface area contributed by atoms with Gasteiger partial charge in [0.05, 0.1) is 0 Å². The third-order valence-corrected chi connectivity index (χ3v) is 2.13. The minimum atomic E-state index is -1.06. The fraction of sp³-hybridized carbons (Fsp3) is 0.900. The molecule has 4 heteroatoms. The number of nitrogens with two attached hydrogens (primary N) is 1. The summed E-state index contributed by atoms with van der Waals surface area (Å²) in [5, 5.41) is 12.1. The van der Waals surface area contributed by atoms with E-state index in [1.54, 1.807) is 0 Å². The van der Waals surface area contributed by atoms with Crippen LogP contribution < -0.4 is 11.1 Å². The highest BCUT2D eigenvalue weighted by atomic mass is 16.3. The van der Waals surface area contributed by atoms with E-state index in [0.717, 1.165) is 19.3 Å². The average Bonchev–Trinajstić information content (AvgIpc) is 2.17. The number of carbonyl (C=O) groups excluding carboxylic acids is 1. The van der Waals surface area contributed by atoms with Gasteiger partial charge in [-0.2, -0.15) is 0 Å². The quantitative estimate of drug-likeness (QED) is 0.523. The minimum Gasteiger partial charge on any atom is -0.382 e.